The van der Waals surface area contributed by atoms with Crippen LogP contribution in [0.15, 0.2) is 22.6 Å². The van der Waals surface area contributed by atoms with E-state index in [-0.39, 0.29) is 11.7 Å². The van der Waals surface area contributed by atoms with Gasteiger partial charge in [0.2, 0.25) is 10.0 Å². The molecule has 1 aliphatic heterocycles. The smallest absolute Gasteiger partial charge is 0.254 e. The summed E-state index contributed by atoms with van der Waals surface area (Å²) in [5.41, 5.74) is 1.90. The van der Waals surface area contributed by atoms with Crippen LogP contribution in [0.4, 0.5) is 0 Å². The Morgan fingerprint density at radius 3 is 2.67 bits per heavy atom. The van der Waals surface area contributed by atoms with Crippen molar-refractivity contribution in [3.8, 4) is 0 Å². The van der Waals surface area contributed by atoms with Crippen molar-refractivity contribution in [2.45, 2.75) is 6.92 Å². The Bertz CT molecular complexity index is 853. The molecule has 0 bridgehead atoms. The summed E-state index contributed by atoms with van der Waals surface area (Å²) in [6.07, 6.45) is 0. The Labute approximate surface area is 140 Å². The van der Waals surface area contributed by atoms with Crippen LogP contribution in [0.1, 0.15) is 16.2 Å². The van der Waals surface area contributed by atoms with Crippen molar-refractivity contribution in [2.75, 3.05) is 38.5 Å². The number of nitrogens with two attached hydrogens (primary N) is 1. The van der Waals surface area contributed by atoms with Gasteiger partial charge >= 0.3 is 0 Å². The van der Waals surface area contributed by atoms with E-state index in [2.05, 4.69) is 4.98 Å². The molecule has 0 radical (unpaired) electrons. The number of hydrogen-bond acceptors (Lipinski definition) is 6. The number of rotatable bonds is 4. The second-order valence-electron chi connectivity index (χ2n) is 5.92. The molecule has 1 amide bonds. The third kappa shape index (κ3) is 3.92. The summed E-state index contributed by atoms with van der Waals surface area (Å²) in [4.78, 5) is 20.6. The summed E-state index contributed by atoms with van der Waals surface area (Å²) in [5.74, 6) is 0.442. The zero-order valence-corrected chi connectivity index (χ0v) is 14.3. The molecular weight excluding hydrogens is 332 g/mol. The van der Waals surface area contributed by atoms with Gasteiger partial charge in [0.15, 0.2) is 11.5 Å². The Morgan fingerprint density at radius 1 is 1.29 bits per heavy atom. The van der Waals surface area contributed by atoms with E-state index in [0.29, 0.717) is 49.8 Å². The molecule has 1 aliphatic rings. The first-order valence-electron chi connectivity index (χ1n) is 7.71. The molecule has 24 heavy (non-hydrogen) atoms. The van der Waals surface area contributed by atoms with Gasteiger partial charge in [0.05, 0.1) is 5.75 Å². The highest BCUT2D eigenvalue weighted by molar-refractivity contribution is 7.89. The topological polar surface area (TPSA) is 110 Å². The van der Waals surface area contributed by atoms with E-state index >= 15 is 0 Å². The fraction of sp³-hybridized carbons (Fsp3) is 0.467. The van der Waals surface area contributed by atoms with Crippen LogP contribution in [0.5, 0.6) is 0 Å². The molecule has 2 N–H and O–H groups in total. The molecule has 0 atom stereocenters. The maximum absolute atomic E-state index is 12.6. The highest BCUT2D eigenvalue weighted by Gasteiger charge is 2.23. The molecule has 1 aromatic carbocycles. The van der Waals surface area contributed by atoms with Crippen LogP contribution in [0.25, 0.3) is 11.1 Å². The third-order valence-corrected chi connectivity index (χ3v) is 4.85. The number of nitrogens with zero attached hydrogens (tertiary/aromatic N) is 3. The van der Waals surface area contributed by atoms with E-state index in [1.807, 2.05) is 4.90 Å². The van der Waals surface area contributed by atoms with E-state index in [4.69, 9.17) is 9.56 Å². The summed E-state index contributed by atoms with van der Waals surface area (Å²) in [6, 6.07) is 5.24. The van der Waals surface area contributed by atoms with Crippen LogP contribution in [0.2, 0.25) is 0 Å². The molecule has 1 aromatic heterocycles. The van der Waals surface area contributed by atoms with Crippen LogP contribution < -0.4 is 5.14 Å². The molecule has 130 valence electrons. The number of benzene rings is 1. The van der Waals surface area contributed by atoms with Crippen molar-refractivity contribution in [3.05, 3.63) is 29.7 Å². The van der Waals surface area contributed by atoms with Crippen molar-refractivity contribution >= 4 is 27.0 Å². The van der Waals surface area contributed by atoms with E-state index in [1.165, 1.54) is 0 Å². The van der Waals surface area contributed by atoms with Gasteiger partial charge in [-0.1, -0.05) is 0 Å². The van der Waals surface area contributed by atoms with Gasteiger partial charge in [0.1, 0.15) is 5.52 Å². The first-order valence-corrected chi connectivity index (χ1v) is 9.43. The minimum atomic E-state index is -3.45. The first kappa shape index (κ1) is 16.9. The number of oxazole rings is 1. The number of carbonyl (C=O) groups is 1. The Hall–Kier alpha value is -1.97. The van der Waals surface area contributed by atoms with Crippen LogP contribution >= 0.6 is 0 Å². The minimum absolute atomic E-state index is 0.0583. The van der Waals surface area contributed by atoms with Gasteiger partial charge in [-0.25, -0.2) is 18.5 Å². The quantitative estimate of drug-likeness (QED) is 0.841. The average molecular weight is 352 g/mol. The number of primary sulfonamides is 1. The van der Waals surface area contributed by atoms with Crippen molar-refractivity contribution < 1.29 is 17.6 Å². The highest BCUT2D eigenvalue weighted by Crippen LogP contribution is 2.18. The van der Waals surface area contributed by atoms with E-state index in [0.717, 1.165) is 5.52 Å². The van der Waals surface area contributed by atoms with E-state index < -0.39 is 10.0 Å². The summed E-state index contributed by atoms with van der Waals surface area (Å²) in [7, 11) is -3.45. The lowest BCUT2D eigenvalue weighted by Gasteiger charge is -2.34. The van der Waals surface area contributed by atoms with Crippen LogP contribution in [0.3, 0.4) is 0 Å². The predicted octanol–water partition coefficient (Wildman–Crippen LogP) is 0.183. The lowest BCUT2D eigenvalue weighted by Crippen LogP contribution is -2.49. The van der Waals surface area contributed by atoms with Gasteiger partial charge in [-0.2, -0.15) is 0 Å². The molecule has 8 nitrogen and oxygen atoms in total. The molecule has 0 aliphatic carbocycles. The van der Waals surface area contributed by atoms with Crippen LogP contribution in [0, 0.1) is 6.92 Å². The molecule has 2 aromatic rings. The third-order valence-electron chi connectivity index (χ3n) is 4.09. The number of hydrogen-bond donors (Lipinski definition) is 1. The standard InChI is InChI=1S/C15H20N4O4S/c1-11-17-13-3-2-12(10-14(13)23-11)15(20)19-6-4-18(5-7-19)8-9-24(16,21)22/h2-3,10H,4-9H2,1H3,(H2,16,21,22). The summed E-state index contributed by atoms with van der Waals surface area (Å²) < 4.78 is 27.5. The molecule has 0 spiro atoms. The lowest BCUT2D eigenvalue weighted by atomic mass is 10.1. The normalized spacial score (nSPS) is 16.7. The first-order chi connectivity index (χ1) is 11.3. The summed E-state index contributed by atoms with van der Waals surface area (Å²) in [6.45, 7) is 4.52. The zero-order chi connectivity index (χ0) is 17.3. The molecule has 0 saturated carbocycles. The SMILES string of the molecule is Cc1nc2ccc(C(=O)N3CCN(CCS(N)(=O)=O)CC3)cc2o1. The Kier molecular flexibility index (Phi) is 4.57. The predicted molar refractivity (Wildman–Crippen MR) is 89.1 cm³/mol. The number of carbonyl (C=O) groups excluding carboxylic acids is 1. The van der Waals surface area contributed by atoms with Crippen molar-refractivity contribution in [1.29, 1.82) is 0 Å². The second-order valence-corrected chi connectivity index (χ2v) is 7.65. The monoisotopic (exact) mass is 352 g/mol. The minimum Gasteiger partial charge on any atom is -0.441 e. The Morgan fingerprint density at radius 2 is 2.00 bits per heavy atom. The van der Waals surface area contributed by atoms with E-state index in [9.17, 15) is 13.2 Å². The van der Waals surface area contributed by atoms with Crippen molar-refractivity contribution in [2.24, 2.45) is 5.14 Å². The molecule has 1 fully saturated rings. The highest BCUT2D eigenvalue weighted by atomic mass is 32.2. The number of aromatic nitrogens is 1. The maximum Gasteiger partial charge on any atom is 0.254 e. The number of aryl methyl sites for hydroxylation is 1. The molecule has 1 saturated heterocycles. The van der Waals surface area contributed by atoms with Gasteiger partial charge in [0.25, 0.3) is 5.91 Å². The van der Waals surface area contributed by atoms with E-state index in [1.54, 1.807) is 30.0 Å². The van der Waals surface area contributed by atoms with Gasteiger partial charge < -0.3 is 9.32 Å². The van der Waals surface area contributed by atoms with Crippen molar-refractivity contribution in [1.82, 2.24) is 14.8 Å². The molecular formula is C15H20N4O4S. The summed E-state index contributed by atoms with van der Waals surface area (Å²) >= 11 is 0. The number of fused-ring (bicyclic) bond motifs is 1. The number of sulfonamides is 1. The fourth-order valence-electron chi connectivity index (χ4n) is 2.79. The van der Waals surface area contributed by atoms with Gasteiger partial charge in [-0.15, -0.1) is 0 Å². The van der Waals surface area contributed by atoms with Gasteiger partial charge in [-0.05, 0) is 18.2 Å². The average Bonchev–Trinajstić information content (AvgIpc) is 2.91. The lowest BCUT2D eigenvalue weighted by molar-refractivity contribution is 0.0644. The van der Waals surface area contributed by atoms with Crippen molar-refractivity contribution in [3.63, 3.8) is 0 Å². The van der Waals surface area contributed by atoms with Gasteiger partial charge in [0, 0.05) is 45.2 Å². The molecule has 2 heterocycles. The molecule has 9 heteroatoms. The fourth-order valence-corrected chi connectivity index (χ4v) is 3.30. The zero-order valence-electron chi connectivity index (χ0n) is 13.4. The second kappa shape index (κ2) is 6.50. The largest absolute Gasteiger partial charge is 0.441 e. The maximum atomic E-state index is 12.6. The molecule has 0 unspecified atom stereocenters. The summed E-state index contributed by atoms with van der Waals surface area (Å²) in [5, 5.41) is 5.02. The Balaban J connectivity index is 1.61. The van der Waals surface area contributed by atoms with Crippen LogP contribution in [-0.2, 0) is 10.0 Å². The molecule has 3 rings (SSSR count). The van der Waals surface area contributed by atoms with Gasteiger partial charge in [-0.3, -0.25) is 9.69 Å². The number of piperazine rings is 1. The van der Waals surface area contributed by atoms with Crippen LogP contribution in [-0.4, -0.2) is 67.6 Å². The number of amides is 1.